The van der Waals surface area contributed by atoms with Crippen LogP contribution in [0.4, 0.5) is 5.69 Å². The highest BCUT2D eigenvalue weighted by Crippen LogP contribution is 2.42. The molecule has 6 nitrogen and oxygen atoms in total. The number of anilines is 1. The third kappa shape index (κ3) is 3.54. The molecule has 0 saturated carbocycles. The number of nitrogen functional groups attached to an aromatic ring is 1. The van der Waals surface area contributed by atoms with Gasteiger partial charge in [0, 0.05) is 37.0 Å². The average molecular weight is 407 g/mol. The van der Waals surface area contributed by atoms with E-state index in [0.717, 1.165) is 57.7 Å². The zero-order chi connectivity index (χ0) is 20.9. The van der Waals surface area contributed by atoms with E-state index in [9.17, 15) is 4.79 Å². The number of amides is 1. The Balaban J connectivity index is 1.16. The van der Waals surface area contributed by atoms with E-state index in [0.29, 0.717) is 11.4 Å². The van der Waals surface area contributed by atoms with Crippen LogP contribution in [0, 0.1) is 5.41 Å². The third-order valence-corrected chi connectivity index (χ3v) is 6.87. The maximum atomic E-state index is 12.6. The lowest BCUT2D eigenvalue weighted by Crippen LogP contribution is -2.61. The molecular weight excluding hydrogens is 376 g/mol. The lowest BCUT2D eigenvalue weighted by Gasteiger charge is -2.54. The molecule has 0 radical (unpaired) electrons. The summed E-state index contributed by atoms with van der Waals surface area (Å²) in [6, 6.07) is 9.91. The summed E-state index contributed by atoms with van der Waals surface area (Å²) in [5.74, 6) is 1.07. The second-order valence-corrected chi connectivity index (χ2v) is 9.85. The summed E-state index contributed by atoms with van der Waals surface area (Å²) in [4.78, 5) is 21.3. The van der Waals surface area contributed by atoms with Crippen LogP contribution in [0.25, 0.3) is 0 Å². The van der Waals surface area contributed by atoms with Gasteiger partial charge < -0.3 is 15.4 Å². The molecule has 2 fully saturated rings. The summed E-state index contributed by atoms with van der Waals surface area (Å²) in [5, 5.41) is 0. The fourth-order valence-electron chi connectivity index (χ4n) is 5.16. The quantitative estimate of drug-likeness (QED) is 0.848. The molecule has 4 heterocycles. The molecule has 2 aromatic rings. The number of carbonyl (C=O) groups is 1. The minimum absolute atomic E-state index is 0.0190. The number of hydrogen-bond donors (Lipinski definition) is 1. The van der Waals surface area contributed by atoms with Crippen LogP contribution in [-0.4, -0.2) is 52.5 Å². The van der Waals surface area contributed by atoms with Gasteiger partial charge in [-0.3, -0.25) is 9.69 Å². The second kappa shape index (κ2) is 6.98. The van der Waals surface area contributed by atoms with Crippen molar-refractivity contribution >= 4 is 11.6 Å². The van der Waals surface area contributed by atoms with Crippen LogP contribution in [0.3, 0.4) is 0 Å². The molecule has 2 saturated heterocycles. The van der Waals surface area contributed by atoms with Crippen LogP contribution in [0.1, 0.15) is 48.3 Å². The van der Waals surface area contributed by atoms with E-state index in [-0.39, 0.29) is 16.9 Å². The van der Waals surface area contributed by atoms with E-state index in [2.05, 4.69) is 41.9 Å². The van der Waals surface area contributed by atoms with Crippen LogP contribution < -0.4 is 10.5 Å². The van der Waals surface area contributed by atoms with Crippen LogP contribution in [0.2, 0.25) is 0 Å². The second-order valence-electron chi connectivity index (χ2n) is 9.85. The smallest absolute Gasteiger partial charge is 0.272 e. The minimum Gasteiger partial charge on any atom is -0.487 e. The molecule has 3 aliphatic rings. The van der Waals surface area contributed by atoms with Gasteiger partial charge in [-0.2, -0.15) is 0 Å². The van der Waals surface area contributed by atoms with Gasteiger partial charge in [0.05, 0.1) is 11.9 Å². The predicted octanol–water partition coefficient (Wildman–Crippen LogP) is 3.12. The van der Waals surface area contributed by atoms with E-state index < -0.39 is 0 Å². The topological polar surface area (TPSA) is 71.7 Å². The Morgan fingerprint density at radius 1 is 1.17 bits per heavy atom. The molecule has 0 aliphatic carbocycles. The van der Waals surface area contributed by atoms with E-state index in [1.165, 1.54) is 11.1 Å². The SMILES string of the molecule is CC1(C)Cc2c(CN3CCC4(CC3)CN(C(=O)c3ccc(N)cn3)C4)cccc2O1. The first-order chi connectivity index (χ1) is 14.3. The number of aromatic nitrogens is 1. The summed E-state index contributed by atoms with van der Waals surface area (Å²) < 4.78 is 6.09. The standard InChI is InChI=1S/C24H30N4O2/c1-23(2)12-19-17(4-3-5-21(19)30-23)14-27-10-8-24(9-11-27)15-28(16-24)22(29)20-7-6-18(25)13-26-20/h3-7,13H,8-12,14-16,25H2,1-2H3. The van der Waals surface area contributed by atoms with Crippen molar-refractivity contribution in [2.45, 2.75) is 45.3 Å². The van der Waals surface area contributed by atoms with E-state index in [1.54, 1.807) is 18.3 Å². The number of pyridine rings is 1. The largest absolute Gasteiger partial charge is 0.487 e. The van der Waals surface area contributed by atoms with Crippen LogP contribution in [0.5, 0.6) is 5.75 Å². The number of nitrogens with two attached hydrogens (primary N) is 1. The fraction of sp³-hybridized carbons (Fsp3) is 0.500. The van der Waals surface area contributed by atoms with Crippen molar-refractivity contribution in [1.82, 2.24) is 14.8 Å². The van der Waals surface area contributed by atoms with E-state index >= 15 is 0 Å². The van der Waals surface area contributed by atoms with Crippen LogP contribution in [0.15, 0.2) is 36.5 Å². The summed E-state index contributed by atoms with van der Waals surface area (Å²) in [7, 11) is 0. The molecule has 6 heteroatoms. The molecule has 1 aromatic carbocycles. The van der Waals surface area contributed by atoms with Crippen molar-refractivity contribution in [2.75, 3.05) is 31.9 Å². The third-order valence-electron chi connectivity index (χ3n) is 6.87. The zero-order valence-corrected chi connectivity index (χ0v) is 17.9. The van der Waals surface area contributed by atoms with Gasteiger partial charge in [0.1, 0.15) is 17.0 Å². The first kappa shape index (κ1) is 19.4. The molecule has 1 aromatic heterocycles. The Labute approximate surface area is 178 Å². The summed E-state index contributed by atoms with van der Waals surface area (Å²) >= 11 is 0. The molecule has 2 N–H and O–H groups in total. The van der Waals surface area contributed by atoms with Crippen molar-refractivity contribution in [2.24, 2.45) is 5.41 Å². The average Bonchev–Trinajstić information content (AvgIpc) is 3.02. The number of nitrogens with zero attached hydrogens (tertiary/aromatic N) is 3. The highest BCUT2D eigenvalue weighted by Gasteiger charge is 2.47. The number of ether oxygens (including phenoxy) is 1. The van der Waals surface area contributed by atoms with Crippen molar-refractivity contribution in [3.05, 3.63) is 53.3 Å². The summed E-state index contributed by atoms with van der Waals surface area (Å²) in [6.45, 7) is 9.14. The number of likely N-dealkylation sites (tertiary alicyclic amines) is 2. The zero-order valence-electron chi connectivity index (χ0n) is 17.9. The number of piperidine rings is 1. The van der Waals surface area contributed by atoms with Gasteiger partial charge in [-0.1, -0.05) is 12.1 Å². The molecule has 5 rings (SSSR count). The Bertz CT molecular complexity index is 954. The van der Waals surface area contributed by atoms with Gasteiger partial charge in [-0.25, -0.2) is 4.98 Å². The number of benzene rings is 1. The molecule has 158 valence electrons. The van der Waals surface area contributed by atoms with Gasteiger partial charge in [0.15, 0.2) is 0 Å². The molecule has 30 heavy (non-hydrogen) atoms. The van der Waals surface area contributed by atoms with Crippen molar-refractivity contribution in [1.29, 1.82) is 0 Å². The van der Waals surface area contributed by atoms with Gasteiger partial charge in [0.25, 0.3) is 5.91 Å². The van der Waals surface area contributed by atoms with Crippen molar-refractivity contribution in [3.63, 3.8) is 0 Å². The highest BCUT2D eigenvalue weighted by molar-refractivity contribution is 5.93. The van der Waals surface area contributed by atoms with E-state index in [4.69, 9.17) is 10.5 Å². The number of hydrogen-bond acceptors (Lipinski definition) is 5. The monoisotopic (exact) mass is 406 g/mol. The van der Waals surface area contributed by atoms with Crippen LogP contribution in [-0.2, 0) is 13.0 Å². The highest BCUT2D eigenvalue weighted by atomic mass is 16.5. The first-order valence-corrected chi connectivity index (χ1v) is 10.9. The number of rotatable bonds is 3. The Morgan fingerprint density at radius 2 is 1.93 bits per heavy atom. The maximum absolute atomic E-state index is 12.6. The van der Waals surface area contributed by atoms with Crippen LogP contribution >= 0.6 is 0 Å². The normalized spacial score (nSPS) is 21.7. The molecule has 0 atom stereocenters. The molecule has 0 bridgehead atoms. The van der Waals surface area contributed by atoms with Crippen molar-refractivity contribution in [3.8, 4) is 5.75 Å². The van der Waals surface area contributed by atoms with E-state index in [1.807, 2.05) is 4.90 Å². The summed E-state index contributed by atoms with van der Waals surface area (Å²) in [6.07, 6.45) is 4.81. The predicted molar refractivity (Wildman–Crippen MR) is 116 cm³/mol. The molecule has 1 spiro atoms. The number of carbonyl (C=O) groups excluding carboxylic acids is 1. The Morgan fingerprint density at radius 3 is 2.63 bits per heavy atom. The minimum atomic E-state index is -0.106. The van der Waals surface area contributed by atoms with Gasteiger partial charge >= 0.3 is 0 Å². The maximum Gasteiger partial charge on any atom is 0.272 e. The lowest BCUT2D eigenvalue weighted by molar-refractivity contribution is -0.0339. The molecular formula is C24H30N4O2. The van der Waals surface area contributed by atoms with Gasteiger partial charge in [0.2, 0.25) is 0 Å². The van der Waals surface area contributed by atoms with Gasteiger partial charge in [-0.05, 0) is 63.5 Å². The Kier molecular flexibility index (Phi) is 4.51. The molecule has 0 unspecified atom stereocenters. The number of fused-ring (bicyclic) bond motifs is 1. The van der Waals surface area contributed by atoms with Gasteiger partial charge in [-0.15, -0.1) is 0 Å². The lowest BCUT2D eigenvalue weighted by atomic mass is 9.71. The molecule has 3 aliphatic heterocycles. The fourth-order valence-corrected chi connectivity index (χ4v) is 5.16. The molecule has 1 amide bonds. The first-order valence-electron chi connectivity index (χ1n) is 10.9. The Hall–Kier alpha value is -2.60. The van der Waals surface area contributed by atoms with Crippen molar-refractivity contribution < 1.29 is 9.53 Å². The summed E-state index contributed by atoms with van der Waals surface area (Å²) in [5.41, 5.74) is 9.69.